The van der Waals surface area contributed by atoms with E-state index >= 15 is 0 Å². The van der Waals surface area contributed by atoms with Gasteiger partial charge in [0, 0.05) is 11.8 Å². The van der Waals surface area contributed by atoms with Gasteiger partial charge in [0.2, 0.25) is 0 Å². The van der Waals surface area contributed by atoms with E-state index in [0.717, 1.165) is 23.8 Å². The summed E-state index contributed by atoms with van der Waals surface area (Å²) in [6.07, 6.45) is 15.4. The van der Waals surface area contributed by atoms with Gasteiger partial charge in [0.05, 0.1) is 13.2 Å². The summed E-state index contributed by atoms with van der Waals surface area (Å²) in [6, 6.07) is 0. The lowest BCUT2D eigenvalue weighted by molar-refractivity contribution is -0.0553. The number of nitrogens with zero attached hydrogens (tertiary/aromatic N) is 1. The predicted octanol–water partition coefficient (Wildman–Crippen LogP) is 4.86. The molecule has 1 unspecified atom stereocenters. The average molecular weight is 591 g/mol. The van der Waals surface area contributed by atoms with Crippen molar-refractivity contribution in [3.8, 4) is 0 Å². The van der Waals surface area contributed by atoms with E-state index in [4.69, 9.17) is 13.8 Å². The van der Waals surface area contributed by atoms with Crippen molar-refractivity contribution < 1.29 is 33.5 Å². The minimum atomic E-state index is -4.39. The Morgan fingerprint density at radius 3 is 1.88 bits per heavy atom. The second-order valence-electron chi connectivity index (χ2n) is 10.9. The van der Waals surface area contributed by atoms with Crippen LogP contribution in [-0.2, 0) is 18.3 Å². The van der Waals surface area contributed by atoms with Gasteiger partial charge < -0.3 is 19.8 Å². The van der Waals surface area contributed by atoms with Crippen molar-refractivity contribution in [1.29, 1.82) is 0 Å². The molecule has 0 aliphatic carbocycles. The number of aromatic amines is 1. The maximum Gasteiger partial charge on any atom is 0.472 e. The lowest BCUT2D eigenvalue weighted by Crippen LogP contribution is -2.38. The highest BCUT2D eigenvalue weighted by Crippen LogP contribution is 2.44. The third-order valence-corrected chi connectivity index (χ3v) is 8.40. The highest BCUT2D eigenvalue weighted by Gasteiger charge is 2.45. The first-order valence-corrected chi connectivity index (χ1v) is 16.6. The van der Waals surface area contributed by atoms with Crippen LogP contribution in [0.15, 0.2) is 15.8 Å². The second-order valence-corrected chi connectivity index (χ2v) is 12.4. The Balaban J connectivity index is 1.51. The molecule has 1 aromatic rings. The fourth-order valence-electron chi connectivity index (χ4n) is 4.91. The summed E-state index contributed by atoms with van der Waals surface area (Å²) in [7, 11) is -4.39. The molecule has 1 aliphatic rings. The molecule has 232 valence electrons. The molecular formula is C28H51N2O9P. The van der Waals surface area contributed by atoms with Crippen LogP contribution in [0.5, 0.6) is 0 Å². The maximum atomic E-state index is 12.2. The number of hydrogen-bond acceptors (Lipinski definition) is 8. The van der Waals surface area contributed by atoms with Gasteiger partial charge in [-0.2, -0.15) is 0 Å². The van der Waals surface area contributed by atoms with Crippen LogP contribution in [0.25, 0.3) is 0 Å². The number of H-pyrrole nitrogens is 1. The molecule has 5 atom stereocenters. The Kier molecular flexibility index (Phi) is 16.5. The quantitative estimate of drug-likeness (QED) is 0.109. The van der Waals surface area contributed by atoms with E-state index in [1.807, 2.05) is 0 Å². The Labute approximate surface area is 237 Å². The number of aromatic nitrogens is 2. The van der Waals surface area contributed by atoms with Gasteiger partial charge in [-0.15, -0.1) is 0 Å². The van der Waals surface area contributed by atoms with Crippen LogP contribution < -0.4 is 11.2 Å². The molecule has 0 saturated carbocycles. The molecule has 4 N–H and O–H groups in total. The predicted molar refractivity (Wildman–Crippen MR) is 153 cm³/mol. The molecule has 0 aromatic carbocycles. The summed E-state index contributed by atoms with van der Waals surface area (Å²) in [5.74, 6) is 0. The van der Waals surface area contributed by atoms with Gasteiger partial charge in [0.15, 0.2) is 6.23 Å². The molecule has 2 heterocycles. The van der Waals surface area contributed by atoms with Gasteiger partial charge in [-0.25, -0.2) is 9.36 Å². The minimum absolute atomic E-state index is 0.0671. The van der Waals surface area contributed by atoms with Crippen LogP contribution in [0.1, 0.15) is 121 Å². The van der Waals surface area contributed by atoms with Gasteiger partial charge in [-0.1, -0.05) is 103 Å². The molecule has 1 saturated heterocycles. The van der Waals surface area contributed by atoms with Crippen molar-refractivity contribution in [3.05, 3.63) is 32.6 Å². The molecule has 1 fully saturated rings. The summed E-state index contributed by atoms with van der Waals surface area (Å²) in [5.41, 5.74) is -1.17. The lowest BCUT2D eigenvalue weighted by atomic mass is 10.0. The Bertz CT molecular complexity index is 999. The van der Waals surface area contributed by atoms with Crippen molar-refractivity contribution in [2.45, 2.75) is 141 Å². The zero-order valence-electron chi connectivity index (χ0n) is 24.3. The zero-order valence-corrected chi connectivity index (χ0v) is 25.2. The third kappa shape index (κ3) is 12.7. The molecule has 2 rings (SSSR count). The van der Waals surface area contributed by atoms with Crippen LogP contribution in [0, 0.1) is 6.92 Å². The standard InChI is InChI=1S/C28H51N2O9P/c1-3-4-5-6-7-8-9-10-11-12-13-14-15-16-17-18-19-37-40(35,36)38-21-23-24(31)25(32)27(39-23)30-20-22(2)26(33)29-28(30)34/h20,23-25,27,31-32H,3-19,21H2,1-2H3,(H,35,36)(H,29,33,34)/t23-,24-,25+,27-/m1/s1. The first-order valence-electron chi connectivity index (χ1n) is 15.1. The first kappa shape index (κ1) is 34.9. The largest absolute Gasteiger partial charge is 0.472 e. The normalized spacial score (nSPS) is 22.5. The molecule has 1 aromatic heterocycles. The number of ether oxygens (including phenoxy) is 1. The van der Waals surface area contributed by atoms with Gasteiger partial charge in [0.25, 0.3) is 5.56 Å². The van der Waals surface area contributed by atoms with E-state index in [9.17, 15) is 29.3 Å². The van der Waals surface area contributed by atoms with Crippen molar-refractivity contribution in [3.63, 3.8) is 0 Å². The molecule has 0 amide bonds. The SMILES string of the molecule is CCCCCCCCCCCCCCCCCCOP(=O)(O)OC[C@H]1O[C@@H](n2cc(C)c(=O)[nH]c2=O)[C@@H](O)[C@@H]1O. The van der Waals surface area contributed by atoms with Gasteiger partial charge in [0.1, 0.15) is 18.3 Å². The summed E-state index contributed by atoms with van der Waals surface area (Å²) in [5, 5.41) is 20.6. The zero-order chi connectivity index (χ0) is 29.4. The number of phosphoric ester groups is 1. The highest BCUT2D eigenvalue weighted by atomic mass is 31.2. The second kappa shape index (κ2) is 19.0. The summed E-state index contributed by atoms with van der Waals surface area (Å²) in [6.45, 7) is 3.27. The summed E-state index contributed by atoms with van der Waals surface area (Å²) < 4.78 is 28.7. The summed E-state index contributed by atoms with van der Waals surface area (Å²) >= 11 is 0. The molecule has 40 heavy (non-hydrogen) atoms. The number of rotatable bonds is 22. The van der Waals surface area contributed by atoms with Crippen LogP contribution in [0.2, 0.25) is 0 Å². The van der Waals surface area contributed by atoms with E-state index < -0.39 is 50.2 Å². The molecule has 12 heteroatoms. The van der Waals surface area contributed by atoms with Crippen LogP contribution in [-0.4, -0.2) is 56.2 Å². The van der Waals surface area contributed by atoms with E-state index in [0.29, 0.717) is 6.42 Å². The van der Waals surface area contributed by atoms with Crippen molar-refractivity contribution in [1.82, 2.24) is 9.55 Å². The van der Waals surface area contributed by atoms with Gasteiger partial charge in [-0.3, -0.25) is 23.4 Å². The molecule has 0 radical (unpaired) electrons. The Morgan fingerprint density at radius 2 is 1.35 bits per heavy atom. The minimum Gasteiger partial charge on any atom is -0.387 e. The van der Waals surface area contributed by atoms with E-state index in [1.165, 1.54) is 90.2 Å². The monoisotopic (exact) mass is 590 g/mol. The topological polar surface area (TPSA) is 160 Å². The fraction of sp³-hybridized carbons (Fsp3) is 0.857. The molecule has 0 spiro atoms. The van der Waals surface area contributed by atoms with Crippen LogP contribution in [0.3, 0.4) is 0 Å². The van der Waals surface area contributed by atoms with Crippen molar-refractivity contribution >= 4 is 7.82 Å². The number of aliphatic hydroxyl groups excluding tert-OH is 2. The summed E-state index contributed by atoms with van der Waals surface area (Å²) in [4.78, 5) is 35.7. The third-order valence-electron chi connectivity index (χ3n) is 7.41. The van der Waals surface area contributed by atoms with Crippen LogP contribution >= 0.6 is 7.82 Å². The average Bonchev–Trinajstić information content (AvgIpc) is 3.20. The van der Waals surface area contributed by atoms with Gasteiger partial charge in [-0.05, 0) is 13.3 Å². The number of nitrogens with one attached hydrogen (secondary N) is 1. The molecule has 1 aliphatic heterocycles. The Morgan fingerprint density at radius 1 is 0.850 bits per heavy atom. The number of phosphoric acid groups is 1. The smallest absolute Gasteiger partial charge is 0.387 e. The number of hydrogen-bond donors (Lipinski definition) is 4. The van der Waals surface area contributed by atoms with Crippen molar-refractivity contribution in [2.24, 2.45) is 0 Å². The van der Waals surface area contributed by atoms with Crippen molar-refractivity contribution in [2.75, 3.05) is 13.2 Å². The fourth-order valence-corrected chi connectivity index (χ4v) is 5.68. The number of aryl methyl sites for hydroxylation is 1. The lowest BCUT2D eigenvalue weighted by Gasteiger charge is -2.18. The molecule has 11 nitrogen and oxygen atoms in total. The number of aliphatic hydroxyl groups is 2. The van der Waals surface area contributed by atoms with E-state index in [1.54, 1.807) is 0 Å². The highest BCUT2D eigenvalue weighted by molar-refractivity contribution is 7.47. The number of unbranched alkanes of at least 4 members (excludes halogenated alkanes) is 15. The van der Waals surface area contributed by atoms with Crippen LogP contribution in [0.4, 0.5) is 0 Å². The van der Waals surface area contributed by atoms with E-state index in [-0.39, 0.29) is 12.2 Å². The molecule has 0 bridgehead atoms. The van der Waals surface area contributed by atoms with E-state index in [2.05, 4.69) is 11.9 Å². The van der Waals surface area contributed by atoms with Gasteiger partial charge >= 0.3 is 13.5 Å². The first-order chi connectivity index (χ1) is 19.2. The molecular weight excluding hydrogens is 539 g/mol. The maximum absolute atomic E-state index is 12.2. The Hall–Kier alpha value is -1.33.